The van der Waals surface area contributed by atoms with Crippen LogP contribution in [0.25, 0.3) is 0 Å². The van der Waals surface area contributed by atoms with Crippen molar-refractivity contribution in [2.75, 3.05) is 0 Å². The first-order chi connectivity index (χ1) is 13.7. The minimum Gasteiger partial charge on any atom is -0.545 e. The van der Waals surface area contributed by atoms with E-state index in [1.807, 2.05) is 13.8 Å². The second-order valence-electron chi connectivity index (χ2n) is 8.76. The average Bonchev–Trinajstić information content (AvgIpc) is 2.66. The summed E-state index contributed by atoms with van der Waals surface area (Å²) in [6.07, 6.45) is 11.6. The van der Waals surface area contributed by atoms with Gasteiger partial charge in [0, 0.05) is 5.92 Å². The molecule has 0 saturated heterocycles. The van der Waals surface area contributed by atoms with Gasteiger partial charge >= 0.3 is 35.5 Å². The molecule has 0 aromatic heterocycles. The molecule has 0 bridgehead atoms. The van der Waals surface area contributed by atoms with Crippen molar-refractivity contribution in [3.8, 4) is 0 Å². The van der Waals surface area contributed by atoms with Gasteiger partial charge in [0.2, 0.25) is 0 Å². The molecule has 2 rings (SSSR count). The van der Waals surface area contributed by atoms with Crippen LogP contribution in [0, 0.1) is 29.6 Å². The van der Waals surface area contributed by atoms with Gasteiger partial charge in [-0.1, -0.05) is 52.0 Å². The van der Waals surface area contributed by atoms with Crippen LogP contribution in [0.15, 0.2) is 36.0 Å². The zero-order valence-corrected chi connectivity index (χ0v) is 21.0. The number of esters is 1. The first kappa shape index (κ1) is 27.2. The normalized spacial score (nSPS) is 30.0. The van der Waals surface area contributed by atoms with Crippen LogP contribution < -0.4 is 34.7 Å². The van der Waals surface area contributed by atoms with E-state index in [2.05, 4.69) is 32.1 Å². The second kappa shape index (κ2) is 12.8. The maximum atomic E-state index is 12.5. The van der Waals surface area contributed by atoms with Gasteiger partial charge in [-0.05, 0) is 61.5 Å². The van der Waals surface area contributed by atoms with Gasteiger partial charge in [0.25, 0.3) is 0 Å². The Kier molecular flexibility index (Phi) is 11.6. The summed E-state index contributed by atoms with van der Waals surface area (Å²) in [4.78, 5) is 23.0. The van der Waals surface area contributed by atoms with Gasteiger partial charge in [0.15, 0.2) is 0 Å². The molecular formula is C24H35NaO5. The monoisotopic (exact) mass is 426 g/mol. The summed E-state index contributed by atoms with van der Waals surface area (Å²) in [5, 5.41) is 20.7. The van der Waals surface area contributed by atoms with Crippen LogP contribution in [0.5, 0.6) is 0 Å². The molecule has 0 saturated carbocycles. The minimum absolute atomic E-state index is 0. The van der Waals surface area contributed by atoms with Crippen molar-refractivity contribution in [3.63, 3.8) is 0 Å². The zero-order valence-electron chi connectivity index (χ0n) is 19.0. The summed E-state index contributed by atoms with van der Waals surface area (Å²) in [5.41, 5.74) is 1.24. The van der Waals surface area contributed by atoms with Gasteiger partial charge in [-0.25, -0.2) is 0 Å². The van der Waals surface area contributed by atoms with Crippen LogP contribution in [-0.2, 0) is 14.3 Å². The average molecular weight is 427 g/mol. The summed E-state index contributed by atoms with van der Waals surface area (Å²) >= 11 is 0. The topological polar surface area (TPSA) is 86.7 Å². The van der Waals surface area contributed by atoms with Gasteiger partial charge in [0.05, 0.1) is 18.0 Å². The van der Waals surface area contributed by atoms with Crippen LogP contribution in [0.1, 0.15) is 59.8 Å². The third-order valence-corrected chi connectivity index (χ3v) is 6.37. The quantitative estimate of drug-likeness (QED) is 0.323. The summed E-state index contributed by atoms with van der Waals surface area (Å²) in [6.45, 7) is 8.22. The van der Waals surface area contributed by atoms with E-state index < -0.39 is 12.1 Å². The van der Waals surface area contributed by atoms with Crippen LogP contribution >= 0.6 is 0 Å². The molecule has 7 atom stereocenters. The van der Waals surface area contributed by atoms with Crippen molar-refractivity contribution in [3.05, 3.63) is 36.0 Å². The van der Waals surface area contributed by atoms with E-state index in [1.54, 1.807) is 0 Å². The molecule has 0 unspecified atom stereocenters. The Hall–Kier alpha value is -0.880. The van der Waals surface area contributed by atoms with Gasteiger partial charge in [-0.15, -0.1) is 0 Å². The van der Waals surface area contributed by atoms with Crippen molar-refractivity contribution < 1.29 is 54.1 Å². The summed E-state index contributed by atoms with van der Waals surface area (Å²) in [7, 11) is 0. The molecule has 162 valence electrons. The van der Waals surface area contributed by atoms with Crippen LogP contribution in [0.3, 0.4) is 0 Å². The predicted octanol–water partition coefficient (Wildman–Crippen LogP) is 0.190. The van der Waals surface area contributed by atoms with Crippen molar-refractivity contribution >= 4 is 11.9 Å². The standard InChI is InChI=1S/C24H36O5.Na/c1-5-16(3)24(28)29-21-14-15(2)13-18-10-9-17(4)20(23(18)21)12-11-19(25)7-6-8-22(26)27;/h6,8-10,13,15-17,19-21,23,25H,5,7,11-12,14H2,1-4H3,(H,26,27);/q;+1/p-1/b8-6+;/t15-,16-,17-,19+,20-,21-,23-;/m0./s1. The molecular weight excluding hydrogens is 391 g/mol. The van der Waals surface area contributed by atoms with Gasteiger partial charge in [0.1, 0.15) is 6.10 Å². The van der Waals surface area contributed by atoms with Gasteiger partial charge in [-0.2, -0.15) is 0 Å². The van der Waals surface area contributed by atoms with Crippen LogP contribution in [0.2, 0.25) is 0 Å². The molecule has 0 aromatic carbocycles. The van der Waals surface area contributed by atoms with Gasteiger partial charge < -0.3 is 19.7 Å². The van der Waals surface area contributed by atoms with Crippen LogP contribution in [-0.4, -0.2) is 29.3 Å². The first-order valence-corrected chi connectivity index (χ1v) is 10.9. The smallest absolute Gasteiger partial charge is 0.545 e. The zero-order chi connectivity index (χ0) is 21.6. The second-order valence-corrected chi connectivity index (χ2v) is 8.76. The number of hydrogen-bond acceptors (Lipinski definition) is 5. The van der Waals surface area contributed by atoms with E-state index in [1.165, 1.54) is 11.6 Å². The number of hydrogen-bond donors (Lipinski definition) is 1. The van der Waals surface area contributed by atoms with Crippen molar-refractivity contribution in [1.82, 2.24) is 0 Å². The van der Waals surface area contributed by atoms with Crippen molar-refractivity contribution in [2.24, 2.45) is 29.6 Å². The summed E-state index contributed by atoms with van der Waals surface area (Å²) < 4.78 is 6.00. The molecule has 1 N–H and O–H groups in total. The largest absolute Gasteiger partial charge is 1.00 e. The Labute approximate surface area is 202 Å². The number of aliphatic carboxylic acids is 1. The Morgan fingerprint density at radius 2 is 2.07 bits per heavy atom. The molecule has 0 fully saturated rings. The van der Waals surface area contributed by atoms with Crippen molar-refractivity contribution in [2.45, 2.75) is 72.0 Å². The summed E-state index contributed by atoms with van der Waals surface area (Å²) in [5.74, 6) is -0.388. The van der Waals surface area contributed by atoms with Crippen molar-refractivity contribution in [1.29, 1.82) is 0 Å². The minimum atomic E-state index is -1.25. The molecule has 30 heavy (non-hydrogen) atoms. The number of carboxylic acids is 1. The third kappa shape index (κ3) is 7.67. The van der Waals surface area contributed by atoms with E-state index >= 15 is 0 Å². The maximum absolute atomic E-state index is 12.5. The molecule has 0 amide bonds. The first-order valence-electron chi connectivity index (χ1n) is 10.9. The predicted molar refractivity (Wildman–Crippen MR) is 110 cm³/mol. The fraction of sp³-hybridized carbons (Fsp3) is 0.667. The molecule has 5 nitrogen and oxygen atoms in total. The molecule has 0 spiro atoms. The number of aliphatic hydroxyl groups excluding tert-OH is 1. The fourth-order valence-electron chi connectivity index (χ4n) is 4.48. The van der Waals surface area contributed by atoms with E-state index in [0.717, 1.165) is 25.3 Å². The Morgan fingerprint density at radius 3 is 2.70 bits per heavy atom. The van der Waals surface area contributed by atoms with Gasteiger partial charge in [-0.3, -0.25) is 4.79 Å². The van der Waals surface area contributed by atoms with E-state index in [4.69, 9.17) is 4.74 Å². The fourth-order valence-corrected chi connectivity index (χ4v) is 4.48. The maximum Gasteiger partial charge on any atom is 1.00 e. The Bertz CT molecular complexity index is 669. The number of rotatable bonds is 9. The van der Waals surface area contributed by atoms with E-state index in [-0.39, 0.29) is 59.4 Å². The number of carbonyl (C=O) groups excluding carboxylic acids is 2. The number of allylic oxidation sites excluding steroid dienone is 3. The molecule has 2 aliphatic carbocycles. The van der Waals surface area contributed by atoms with E-state index in [9.17, 15) is 19.8 Å². The summed E-state index contributed by atoms with van der Waals surface area (Å²) in [6, 6.07) is 0. The molecule has 0 aliphatic heterocycles. The SMILES string of the molecule is CC[C@H](C)C(=O)O[C@H]1C[C@@H](C)C=C2C=C[C@H](C)[C@H](CC[C@H](O)C/C=C/C(=O)[O-])[C@H]21.[Na+]. The number of carboxylic acid groups (broad SMARTS) is 1. The number of aliphatic hydroxyl groups is 1. The third-order valence-electron chi connectivity index (χ3n) is 6.37. The van der Waals surface area contributed by atoms with E-state index in [0.29, 0.717) is 24.7 Å². The Morgan fingerprint density at radius 1 is 1.37 bits per heavy atom. The number of carbonyl (C=O) groups is 2. The molecule has 0 radical (unpaired) electrons. The molecule has 2 aliphatic rings. The number of ether oxygens (including phenoxy) is 1. The number of fused-ring (bicyclic) bond motifs is 1. The Balaban J connectivity index is 0.00000450. The van der Waals surface area contributed by atoms with Crippen LogP contribution in [0.4, 0.5) is 0 Å². The molecule has 0 aromatic rings. The molecule has 6 heteroatoms. The molecule has 0 heterocycles.